The molecule has 0 bridgehead atoms. The molecule has 1 atom stereocenters. The van der Waals surface area contributed by atoms with Crippen molar-refractivity contribution in [1.29, 1.82) is 0 Å². The van der Waals surface area contributed by atoms with Gasteiger partial charge in [-0.3, -0.25) is 9.89 Å². The summed E-state index contributed by atoms with van der Waals surface area (Å²) >= 11 is 0. The maximum absolute atomic E-state index is 5.37. The van der Waals surface area contributed by atoms with Crippen molar-refractivity contribution in [3.8, 4) is 11.5 Å². The van der Waals surface area contributed by atoms with Crippen molar-refractivity contribution >= 4 is 29.9 Å². The molecule has 1 aliphatic rings. The van der Waals surface area contributed by atoms with E-state index in [0.717, 1.165) is 56.5 Å². The number of nitrogens with one attached hydrogen (secondary N) is 2. The van der Waals surface area contributed by atoms with Gasteiger partial charge in [0.2, 0.25) is 0 Å². The van der Waals surface area contributed by atoms with E-state index in [0.29, 0.717) is 12.0 Å². The molecule has 1 saturated heterocycles. The molecule has 6 nitrogen and oxygen atoms in total. The minimum absolute atomic E-state index is 0. The lowest BCUT2D eigenvalue weighted by Crippen LogP contribution is -2.44. The van der Waals surface area contributed by atoms with Crippen LogP contribution in [-0.4, -0.2) is 57.8 Å². The first-order chi connectivity index (χ1) is 12.5. The smallest absolute Gasteiger partial charge is 0.191 e. The second-order valence-corrected chi connectivity index (χ2v) is 7.27. The van der Waals surface area contributed by atoms with Gasteiger partial charge in [0.15, 0.2) is 5.96 Å². The van der Waals surface area contributed by atoms with Crippen molar-refractivity contribution in [1.82, 2.24) is 15.5 Å². The van der Waals surface area contributed by atoms with Crippen LogP contribution in [-0.2, 0) is 6.54 Å². The Labute approximate surface area is 181 Å². The average Bonchev–Trinajstić information content (AvgIpc) is 3.06. The largest absolute Gasteiger partial charge is 0.497 e. The van der Waals surface area contributed by atoms with Gasteiger partial charge in [-0.15, -0.1) is 24.0 Å². The van der Waals surface area contributed by atoms with Crippen LogP contribution in [0.5, 0.6) is 11.5 Å². The first-order valence-corrected chi connectivity index (χ1v) is 9.45. The molecule has 1 unspecified atom stereocenters. The zero-order valence-corrected chi connectivity index (χ0v) is 19.6. The van der Waals surface area contributed by atoms with Gasteiger partial charge < -0.3 is 20.1 Å². The van der Waals surface area contributed by atoms with Gasteiger partial charge in [0.25, 0.3) is 0 Å². The lowest BCUT2D eigenvalue weighted by atomic mass is 10.1. The molecule has 1 heterocycles. The Kier molecular flexibility index (Phi) is 10.8. The van der Waals surface area contributed by atoms with E-state index >= 15 is 0 Å². The Bertz CT molecular complexity index is 573. The lowest BCUT2D eigenvalue weighted by molar-refractivity contribution is 0.321. The van der Waals surface area contributed by atoms with Crippen LogP contribution in [0.1, 0.15) is 32.3 Å². The Balaban J connectivity index is 0.00000364. The molecule has 1 fully saturated rings. The third-order valence-corrected chi connectivity index (χ3v) is 4.67. The minimum Gasteiger partial charge on any atom is -0.497 e. The van der Waals surface area contributed by atoms with E-state index in [9.17, 15) is 0 Å². The highest BCUT2D eigenvalue weighted by Gasteiger charge is 2.23. The number of halogens is 1. The summed E-state index contributed by atoms with van der Waals surface area (Å²) in [6.07, 6.45) is 2.27. The van der Waals surface area contributed by atoms with Crippen LogP contribution in [0.15, 0.2) is 23.2 Å². The van der Waals surface area contributed by atoms with Crippen LogP contribution in [0, 0.1) is 5.92 Å². The third kappa shape index (κ3) is 8.13. The summed E-state index contributed by atoms with van der Waals surface area (Å²) in [6, 6.07) is 6.49. The second kappa shape index (κ2) is 12.3. The van der Waals surface area contributed by atoms with E-state index in [1.54, 1.807) is 14.2 Å². The summed E-state index contributed by atoms with van der Waals surface area (Å²) < 4.78 is 10.7. The van der Waals surface area contributed by atoms with Crippen LogP contribution >= 0.6 is 24.0 Å². The summed E-state index contributed by atoms with van der Waals surface area (Å²) in [5.74, 6) is 3.27. The molecule has 0 aliphatic carbocycles. The molecular formula is C20H35IN4O2. The second-order valence-electron chi connectivity index (χ2n) is 7.27. The Morgan fingerprint density at radius 3 is 2.44 bits per heavy atom. The van der Waals surface area contributed by atoms with Gasteiger partial charge in [0, 0.05) is 45.3 Å². The first-order valence-electron chi connectivity index (χ1n) is 9.45. The molecule has 1 aromatic carbocycles. The molecule has 0 aromatic heterocycles. The highest BCUT2D eigenvalue weighted by molar-refractivity contribution is 14.0. The summed E-state index contributed by atoms with van der Waals surface area (Å²) in [7, 11) is 5.21. The summed E-state index contributed by atoms with van der Waals surface area (Å²) in [5.41, 5.74) is 1.21. The maximum Gasteiger partial charge on any atom is 0.191 e. The van der Waals surface area contributed by atoms with Crippen molar-refractivity contribution in [3.05, 3.63) is 23.8 Å². The molecule has 0 spiro atoms. The number of hydrogen-bond acceptors (Lipinski definition) is 4. The van der Waals surface area contributed by atoms with Gasteiger partial charge in [-0.1, -0.05) is 13.8 Å². The van der Waals surface area contributed by atoms with E-state index < -0.39 is 0 Å². The lowest BCUT2D eigenvalue weighted by Gasteiger charge is -2.19. The van der Waals surface area contributed by atoms with Crippen LogP contribution in [0.2, 0.25) is 0 Å². The molecule has 1 aliphatic heterocycles. The monoisotopic (exact) mass is 490 g/mol. The molecule has 0 radical (unpaired) electrons. The minimum atomic E-state index is 0. The number of ether oxygens (including phenoxy) is 2. The fourth-order valence-electron chi connectivity index (χ4n) is 3.18. The first kappa shape index (κ1) is 23.8. The van der Waals surface area contributed by atoms with Crippen molar-refractivity contribution in [2.24, 2.45) is 10.9 Å². The van der Waals surface area contributed by atoms with Crippen molar-refractivity contribution in [3.63, 3.8) is 0 Å². The number of aliphatic imine (C=N–C) groups is 1. The fourth-order valence-corrected chi connectivity index (χ4v) is 3.18. The highest BCUT2D eigenvalue weighted by Crippen LogP contribution is 2.24. The summed E-state index contributed by atoms with van der Waals surface area (Å²) in [4.78, 5) is 6.80. The molecule has 2 N–H and O–H groups in total. The number of guanidine groups is 1. The molecule has 27 heavy (non-hydrogen) atoms. The number of rotatable bonds is 8. The number of likely N-dealkylation sites (tertiary alicyclic amines) is 1. The fraction of sp³-hybridized carbons (Fsp3) is 0.650. The van der Waals surface area contributed by atoms with E-state index in [2.05, 4.69) is 46.5 Å². The number of hydrogen-bond donors (Lipinski definition) is 2. The zero-order chi connectivity index (χ0) is 18.9. The van der Waals surface area contributed by atoms with Gasteiger partial charge in [-0.2, -0.15) is 0 Å². The van der Waals surface area contributed by atoms with Gasteiger partial charge in [0.05, 0.1) is 14.2 Å². The van der Waals surface area contributed by atoms with Gasteiger partial charge >= 0.3 is 0 Å². The highest BCUT2D eigenvalue weighted by atomic mass is 127. The quantitative estimate of drug-likeness (QED) is 0.333. The van der Waals surface area contributed by atoms with Gasteiger partial charge in [-0.05, 0) is 36.5 Å². The van der Waals surface area contributed by atoms with Crippen molar-refractivity contribution in [2.75, 3.05) is 40.9 Å². The van der Waals surface area contributed by atoms with Crippen LogP contribution in [0.3, 0.4) is 0 Å². The number of methoxy groups -OCH3 is 2. The molecule has 0 saturated carbocycles. The molecule has 0 amide bonds. The Hall–Kier alpha value is -1.22. The standard InChI is InChI=1S/C20H34N4O2.HI/c1-15(2)6-8-22-20(21-3)23-17-7-9-24(14-17)13-16-10-18(25-4)12-19(11-16)26-5;/h10-12,15,17H,6-9,13-14H2,1-5H3,(H2,21,22,23);1H. The molecule has 154 valence electrons. The Morgan fingerprint density at radius 2 is 1.89 bits per heavy atom. The van der Waals surface area contributed by atoms with Crippen molar-refractivity contribution in [2.45, 2.75) is 39.3 Å². The maximum atomic E-state index is 5.37. The Morgan fingerprint density at radius 1 is 1.22 bits per heavy atom. The molecular weight excluding hydrogens is 455 g/mol. The molecule has 1 aromatic rings. The van der Waals surface area contributed by atoms with E-state index in [-0.39, 0.29) is 24.0 Å². The molecule has 2 rings (SSSR count). The topological polar surface area (TPSA) is 58.1 Å². The van der Waals surface area contributed by atoms with Gasteiger partial charge in [-0.25, -0.2) is 0 Å². The predicted octanol–water partition coefficient (Wildman–Crippen LogP) is 3.11. The summed E-state index contributed by atoms with van der Waals surface area (Å²) in [6.45, 7) is 8.40. The predicted molar refractivity (Wildman–Crippen MR) is 123 cm³/mol. The normalized spacial score (nSPS) is 17.6. The summed E-state index contributed by atoms with van der Waals surface area (Å²) in [5, 5.41) is 6.96. The average molecular weight is 490 g/mol. The van der Waals surface area contributed by atoms with E-state index in [1.165, 1.54) is 5.56 Å². The van der Waals surface area contributed by atoms with E-state index in [1.807, 2.05) is 13.1 Å². The van der Waals surface area contributed by atoms with E-state index in [4.69, 9.17) is 9.47 Å². The van der Waals surface area contributed by atoms with Crippen LogP contribution in [0.4, 0.5) is 0 Å². The number of benzene rings is 1. The molecule has 7 heteroatoms. The third-order valence-electron chi connectivity index (χ3n) is 4.67. The van der Waals surface area contributed by atoms with Crippen LogP contribution < -0.4 is 20.1 Å². The van der Waals surface area contributed by atoms with Crippen LogP contribution in [0.25, 0.3) is 0 Å². The van der Waals surface area contributed by atoms with Crippen molar-refractivity contribution < 1.29 is 9.47 Å². The number of nitrogens with zero attached hydrogens (tertiary/aromatic N) is 2. The SMILES string of the molecule is CN=C(NCCC(C)C)NC1CCN(Cc2cc(OC)cc(OC)c2)C1.I. The van der Waals surface area contributed by atoms with Gasteiger partial charge in [0.1, 0.15) is 11.5 Å². The zero-order valence-electron chi connectivity index (χ0n) is 17.2.